The number of aliphatic imine (C=N–C) groups is 2. The summed E-state index contributed by atoms with van der Waals surface area (Å²) in [6, 6.07) is 46.9. The number of benzene rings is 6. The third-order valence-corrected chi connectivity index (χ3v) is 10.8. The van der Waals surface area contributed by atoms with Gasteiger partial charge in [0.1, 0.15) is 0 Å². The number of nitrogens with zero attached hydrogens (tertiary/aromatic N) is 4. The quantitative estimate of drug-likeness (QED) is 0.0406. The number of halogens is 2. The molecule has 0 aliphatic heterocycles. The minimum absolute atomic E-state index is 0. The lowest BCUT2D eigenvalue weighted by Crippen LogP contribution is -2.20. The highest BCUT2D eigenvalue weighted by atomic mass is 127. The van der Waals surface area contributed by atoms with Gasteiger partial charge in [-0.05, 0) is 102 Å². The number of amides is 2. The van der Waals surface area contributed by atoms with Gasteiger partial charge >= 0.3 is 0 Å². The van der Waals surface area contributed by atoms with E-state index in [9.17, 15) is 19.8 Å². The van der Waals surface area contributed by atoms with Crippen molar-refractivity contribution in [3.8, 4) is 35.4 Å². The Morgan fingerprint density at radius 3 is 1.22 bits per heavy atom. The molecule has 368 valence electrons. The van der Waals surface area contributed by atoms with E-state index in [-0.39, 0.29) is 71.5 Å². The summed E-state index contributed by atoms with van der Waals surface area (Å²) in [5.74, 6) is 10.3. The molecule has 6 N–H and O–H groups in total. The molecule has 0 bridgehead atoms. The van der Waals surface area contributed by atoms with Crippen LogP contribution in [-0.4, -0.2) is 94.5 Å². The molecule has 2 heterocycles. The summed E-state index contributed by atoms with van der Waals surface area (Å²) < 4.78 is 0. The number of carbonyl (C=O) groups excluding carboxylic acids is 2. The summed E-state index contributed by atoms with van der Waals surface area (Å²) in [6.45, 7) is 6.45. The normalized spacial score (nSPS) is 11.1. The molecule has 0 radical (unpaired) electrons. The second-order valence-corrected chi connectivity index (χ2v) is 16.9. The highest BCUT2D eigenvalue weighted by Crippen LogP contribution is 2.34. The molecule has 8 aromatic rings. The third-order valence-electron chi connectivity index (χ3n) is 10.8. The van der Waals surface area contributed by atoms with Gasteiger partial charge in [0.25, 0.3) is 11.8 Å². The van der Waals surface area contributed by atoms with Crippen LogP contribution in [0.25, 0.3) is 21.8 Å². The summed E-state index contributed by atoms with van der Waals surface area (Å²) in [4.78, 5) is 43.6. The zero-order valence-electron chi connectivity index (χ0n) is 41.0. The van der Waals surface area contributed by atoms with Crippen molar-refractivity contribution in [2.75, 3.05) is 41.3 Å². The topological polar surface area (TPSA) is 161 Å². The molecule has 8 rings (SSSR count). The maximum Gasteiger partial charge on any atom is 0.296 e. The molecule has 14 heteroatoms. The molecule has 0 spiro atoms. The Labute approximate surface area is 455 Å². The van der Waals surface area contributed by atoms with Gasteiger partial charge in [-0.2, -0.15) is 0 Å². The Balaban J connectivity index is 0.000000260. The van der Waals surface area contributed by atoms with Crippen LogP contribution in [0.4, 0.5) is 11.4 Å². The molecule has 12 nitrogen and oxygen atoms in total. The van der Waals surface area contributed by atoms with E-state index in [0.717, 1.165) is 46.4 Å². The largest absolute Gasteiger partial charge is 0.494 e. The average molecular weight is 1180 g/mol. The Morgan fingerprint density at radius 1 is 0.528 bits per heavy atom. The lowest BCUT2D eigenvalue weighted by molar-refractivity contribution is -0.116. The molecular weight excluding hydrogens is 1130 g/mol. The highest BCUT2D eigenvalue weighted by molar-refractivity contribution is 14.0. The van der Waals surface area contributed by atoms with Gasteiger partial charge in [0.2, 0.25) is 0 Å². The molecule has 0 aliphatic rings. The number of fused-ring (bicyclic) bond motifs is 2. The zero-order valence-corrected chi connectivity index (χ0v) is 45.7. The molecule has 72 heavy (non-hydrogen) atoms. The maximum atomic E-state index is 11.7. The van der Waals surface area contributed by atoms with E-state index in [0.29, 0.717) is 57.8 Å². The summed E-state index contributed by atoms with van der Waals surface area (Å²) >= 11 is 0. The number of hydrogen-bond acceptors (Lipinski definition) is 8. The molecule has 0 unspecified atom stereocenters. The van der Waals surface area contributed by atoms with Gasteiger partial charge in [-0.1, -0.05) is 109 Å². The van der Waals surface area contributed by atoms with Crippen LogP contribution in [0, 0.1) is 23.7 Å². The first-order valence-electron chi connectivity index (χ1n) is 22.9. The van der Waals surface area contributed by atoms with Crippen LogP contribution in [0.2, 0.25) is 0 Å². The summed E-state index contributed by atoms with van der Waals surface area (Å²) in [7, 11) is 8.15. The molecule has 2 amide bonds. The van der Waals surface area contributed by atoms with Crippen molar-refractivity contribution < 1.29 is 19.8 Å². The first-order valence-corrected chi connectivity index (χ1v) is 22.9. The van der Waals surface area contributed by atoms with Crippen molar-refractivity contribution in [3.63, 3.8) is 0 Å². The van der Waals surface area contributed by atoms with E-state index < -0.39 is 0 Å². The Hall–Kier alpha value is -7.22. The van der Waals surface area contributed by atoms with Gasteiger partial charge in [-0.15, -0.1) is 48.0 Å². The van der Waals surface area contributed by atoms with Crippen LogP contribution in [0.1, 0.15) is 58.4 Å². The zero-order chi connectivity index (χ0) is 49.6. The number of nitrogens with one attached hydrogen (secondary N) is 4. The van der Waals surface area contributed by atoms with E-state index in [2.05, 4.69) is 78.3 Å². The number of rotatable bonds is 12. The van der Waals surface area contributed by atoms with Crippen LogP contribution >= 0.6 is 48.0 Å². The Morgan fingerprint density at radius 2 is 0.889 bits per heavy atom. The van der Waals surface area contributed by atoms with E-state index in [1.165, 1.54) is 11.1 Å². The van der Waals surface area contributed by atoms with Crippen molar-refractivity contribution in [2.24, 2.45) is 9.98 Å². The number of aromatic hydroxyl groups is 2. The number of aromatic amines is 2. The van der Waals surface area contributed by atoms with Crippen molar-refractivity contribution in [2.45, 2.75) is 26.9 Å². The predicted octanol–water partition coefficient (Wildman–Crippen LogP) is 10.4. The molecular formula is C58H58I2N8O4. The summed E-state index contributed by atoms with van der Waals surface area (Å²) in [5.41, 5.74) is 11.1. The number of carbonyl (C=O) groups is 2. The molecule has 6 aromatic carbocycles. The Bertz CT molecular complexity index is 3080. The SMILES string of the molecule is CCNC(=O)C#Cc1ccc2c(C(=Nc3ccc(CN(C)C)cc3)c3ccccc3)c(O)[nH]c2c1.CCNC(=O)C#Cc1ccc2c(C(=Nc3ccc(CN(C)C)cc3)c3ccccc3)c(O)[nH]c2c1.I.I. The maximum absolute atomic E-state index is 11.7. The summed E-state index contributed by atoms with van der Waals surface area (Å²) in [5, 5.41) is 28.8. The van der Waals surface area contributed by atoms with Crippen molar-refractivity contribution >= 4 is 104 Å². The first-order chi connectivity index (χ1) is 33.9. The highest BCUT2D eigenvalue weighted by Gasteiger charge is 2.20. The van der Waals surface area contributed by atoms with Crippen LogP contribution in [0.5, 0.6) is 11.8 Å². The van der Waals surface area contributed by atoms with E-state index in [1.54, 1.807) is 0 Å². The number of H-pyrrole nitrogens is 2. The van der Waals surface area contributed by atoms with Gasteiger partial charge in [-0.25, -0.2) is 9.98 Å². The fourth-order valence-electron chi connectivity index (χ4n) is 7.73. The molecule has 0 fully saturated rings. The van der Waals surface area contributed by atoms with Gasteiger partial charge in [0, 0.05) is 71.0 Å². The van der Waals surface area contributed by atoms with Crippen molar-refractivity contribution in [1.29, 1.82) is 0 Å². The number of hydrogen-bond donors (Lipinski definition) is 6. The smallest absolute Gasteiger partial charge is 0.296 e. The molecule has 0 atom stereocenters. The van der Waals surface area contributed by atoms with Crippen LogP contribution in [0.15, 0.2) is 156 Å². The third kappa shape index (κ3) is 14.9. The van der Waals surface area contributed by atoms with Crippen LogP contribution in [0.3, 0.4) is 0 Å². The van der Waals surface area contributed by atoms with E-state index in [1.807, 2.05) is 163 Å². The fourth-order valence-corrected chi connectivity index (χ4v) is 7.73. The summed E-state index contributed by atoms with van der Waals surface area (Å²) in [6.07, 6.45) is 0. The molecule has 0 aliphatic carbocycles. The lowest BCUT2D eigenvalue weighted by atomic mass is 10.00. The monoisotopic (exact) mass is 1180 g/mol. The Kier molecular flexibility index (Phi) is 20.8. The number of aromatic nitrogens is 2. The molecule has 0 saturated heterocycles. The molecule has 0 saturated carbocycles. The second-order valence-electron chi connectivity index (χ2n) is 16.9. The van der Waals surface area contributed by atoms with Gasteiger partial charge < -0.3 is 40.6 Å². The second kappa shape index (κ2) is 26.8. The van der Waals surface area contributed by atoms with Gasteiger partial charge in [-0.3, -0.25) is 9.59 Å². The average Bonchev–Trinajstić information content (AvgIpc) is 3.86. The van der Waals surface area contributed by atoms with Crippen LogP contribution < -0.4 is 10.6 Å². The standard InChI is InChI=1S/2C29H28N4O2.2HI/c2*1-4-30-26(34)17-13-20-12-16-24-25(18-20)32-29(35)27(24)28(22-8-6-5-7-9-22)31-23-14-10-21(11-15-23)19-33(2)3;;/h2*5-12,14-16,18,32,35H,4,19H2,1-3H3,(H,30,34);2*1H. The molecule has 2 aromatic heterocycles. The predicted molar refractivity (Wildman–Crippen MR) is 313 cm³/mol. The van der Waals surface area contributed by atoms with Gasteiger partial charge in [0.05, 0.1) is 45.0 Å². The van der Waals surface area contributed by atoms with Gasteiger partial charge in [0.15, 0.2) is 11.8 Å². The minimum Gasteiger partial charge on any atom is -0.494 e. The van der Waals surface area contributed by atoms with Crippen molar-refractivity contribution in [1.82, 2.24) is 30.4 Å². The lowest BCUT2D eigenvalue weighted by Gasteiger charge is -2.10. The van der Waals surface area contributed by atoms with E-state index >= 15 is 0 Å². The minimum atomic E-state index is -0.322. The van der Waals surface area contributed by atoms with Crippen LogP contribution in [-0.2, 0) is 22.7 Å². The van der Waals surface area contributed by atoms with E-state index in [4.69, 9.17) is 9.98 Å². The fraction of sp³-hybridized carbons (Fsp3) is 0.172. The first kappa shape index (κ1) is 55.7. The van der Waals surface area contributed by atoms with Crippen molar-refractivity contribution in [3.05, 3.63) is 190 Å².